The van der Waals surface area contributed by atoms with Gasteiger partial charge in [-0.1, -0.05) is 0 Å². The molecule has 0 bridgehead atoms. The van der Waals surface area contributed by atoms with Crippen molar-refractivity contribution in [2.24, 2.45) is 0 Å². The highest BCUT2D eigenvalue weighted by Crippen LogP contribution is 2.35. The minimum absolute atomic E-state index is 0.173. The number of ether oxygens (including phenoxy) is 1. The number of hydrogen-bond donors (Lipinski definition) is 0. The highest BCUT2D eigenvalue weighted by atomic mass is 79.9. The topological polar surface area (TPSA) is 9.23 Å². The number of hydrogen-bond acceptors (Lipinski definition) is 2. The van der Waals surface area contributed by atoms with Crippen molar-refractivity contribution < 1.29 is 13.5 Å². The van der Waals surface area contributed by atoms with Crippen LogP contribution in [-0.4, -0.2) is 19.6 Å². The van der Waals surface area contributed by atoms with E-state index in [0.29, 0.717) is 6.42 Å². The van der Waals surface area contributed by atoms with Gasteiger partial charge in [-0.2, -0.15) is 0 Å². The van der Waals surface area contributed by atoms with Crippen molar-refractivity contribution in [2.75, 3.05) is 13.2 Å². The van der Waals surface area contributed by atoms with Gasteiger partial charge in [-0.25, -0.2) is 8.78 Å². The van der Waals surface area contributed by atoms with Crippen molar-refractivity contribution in [3.63, 3.8) is 0 Å². The molecule has 0 aliphatic rings. The third-order valence-corrected chi connectivity index (χ3v) is 4.78. The fourth-order valence-corrected chi connectivity index (χ4v) is 3.01. The lowest BCUT2D eigenvalue weighted by atomic mass is 10.2. The van der Waals surface area contributed by atoms with Gasteiger partial charge in [0.1, 0.15) is 6.61 Å². The zero-order chi connectivity index (χ0) is 12.1. The number of alkyl halides is 3. The second-order valence-corrected chi connectivity index (χ2v) is 6.26. The van der Waals surface area contributed by atoms with Crippen molar-refractivity contribution in [1.29, 1.82) is 0 Å². The van der Waals surface area contributed by atoms with Gasteiger partial charge in [-0.3, -0.25) is 0 Å². The molecule has 1 unspecified atom stereocenters. The van der Waals surface area contributed by atoms with Crippen molar-refractivity contribution in [3.8, 4) is 0 Å². The largest absolute Gasteiger partial charge is 0.375 e. The lowest BCUT2D eigenvalue weighted by molar-refractivity contribution is 0.0166. The molecule has 0 aliphatic heterocycles. The van der Waals surface area contributed by atoms with Crippen LogP contribution in [0.4, 0.5) is 8.78 Å². The van der Waals surface area contributed by atoms with Crippen LogP contribution in [0.5, 0.6) is 0 Å². The van der Waals surface area contributed by atoms with Crippen molar-refractivity contribution in [2.45, 2.75) is 25.1 Å². The van der Waals surface area contributed by atoms with Gasteiger partial charge in [-0.05, 0) is 40.9 Å². The van der Waals surface area contributed by atoms with E-state index in [1.54, 1.807) is 11.3 Å². The quantitative estimate of drug-likeness (QED) is 0.538. The zero-order valence-electron chi connectivity index (χ0n) is 8.68. The molecular formula is C10H12BrClF2OS. The van der Waals surface area contributed by atoms with Gasteiger partial charge in [0.2, 0.25) is 0 Å². The van der Waals surface area contributed by atoms with E-state index in [1.807, 2.05) is 13.0 Å². The highest BCUT2D eigenvalue weighted by molar-refractivity contribution is 9.11. The Morgan fingerprint density at radius 2 is 2.25 bits per heavy atom. The average Bonchev–Trinajstić information content (AvgIpc) is 2.54. The summed E-state index contributed by atoms with van der Waals surface area (Å²) >= 11 is 11.1. The normalized spacial score (nSPS) is 13.4. The van der Waals surface area contributed by atoms with Crippen LogP contribution < -0.4 is 0 Å². The second kappa shape index (κ2) is 6.89. The molecule has 0 spiro atoms. The van der Waals surface area contributed by atoms with Crippen LogP contribution in [0.15, 0.2) is 9.85 Å². The van der Waals surface area contributed by atoms with Gasteiger partial charge in [0, 0.05) is 11.5 Å². The molecule has 1 heterocycles. The molecule has 0 radical (unpaired) electrons. The lowest BCUT2D eigenvalue weighted by Crippen LogP contribution is -2.06. The summed E-state index contributed by atoms with van der Waals surface area (Å²) in [5.74, 6) is 0. The molecule has 0 N–H and O–H groups in total. The molecule has 1 aromatic heterocycles. The molecule has 1 rings (SSSR count). The maximum Gasteiger partial charge on any atom is 0.261 e. The molecule has 16 heavy (non-hydrogen) atoms. The average molecular weight is 334 g/mol. The first kappa shape index (κ1) is 14.4. The molecule has 1 nitrogen and oxygen atoms in total. The maximum absolute atomic E-state index is 11.8. The molecule has 1 atom stereocenters. The molecule has 6 heteroatoms. The molecule has 0 amide bonds. The Bertz CT molecular complexity index is 313. The molecule has 0 saturated heterocycles. The van der Waals surface area contributed by atoms with Gasteiger partial charge in [0.05, 0.1) is 9.16 Å². The Morgan fingerprint density at radius 3 is 2.75 bits per heavy atom. The van der Waals surface area contributed by atoms with Crippen molar-refractivity contribution in [3.05, 3.63) is 20.3 Å². The van der Waals surface area contributed by atoms with E-state index in [1.165, 1.54) is 0 Å². The summed E-state index contributed by atoms with van der Waals surface area (Å²) in [7, 11) is 0. The van der Waals surface area contributed by atoms with Crippen LogP contribution >= 0.6 is 38.9 Å². The van der Waals surface area contributed by atoms with Crippen molar-refractivity contribution in [1.82, 2.24) is 0 Å². The zero-order valence-corrected chi connectivity index (χ0v) is 11.8. The van der Waals surface area contributed by atoms with E-state index in [2.05, 4.69) is 15.9 Å². The standard InChI is InChI=1S/C10H12BrClF2OS/c1-6-4-8(16-10(6)11)7(12)2-3-15-5-9(13)14/h4,7,9H,2-3,5H2,1H3. The minimum atomic E-state index is -2.41. The molecule has 1 aromatic rings. The number of halogens is 4. The molecular weight excluding hydrogens is 322 g/mol. The van der Waals surface area contributed by atoms with Crippen LogP contribution in [-0.2, 0) is 4.74 Å². The fraction of sp³-hybridized carbons (Fsp3) is 0.600. The summed E-state index contributed by atoms with van der Waals surface area (Å²) in [5, 5.41) is -0.173. The molecule has 0 fully saturated rings. The molecule has 0 aromatic carbocycles. The maximum atomic E-state index is 11.8. The third-order valence-electron chi connectivity index (χ3n) is 1.94. The lowest BCUT2D eigenvalue weighted by Gasteiger charge is -2.07. The SMILES string of the molecule is Cc1cc(C(Cl)CCOCC(F)F)sc1Br. The highest BCUT2D eigenvalue weighted by Gasteiger charge is 2.13. The van der Waals surface area contributed by atoms with Crippen molar-refractivity contribution >= 4 is 38.9 Å². The van der Waals surface area contributed by atoms with Crippen LogP contribution in [0.1, 0.15) is 22.2 Å². The number of rotatable bonds is 6. The predicted molar refractivity (Wildman–Crippen MR) is 66.8 cm³/mol. The second-order valence-electron chi connectivity index (χ2n) is 3.33. The third kappa shape index (κ3) is 4.65. The van der Waals surface area contributed by atoms with E-state index in [9.17, 15) is 8.78 Å². The van der Waals surface area contributed by atoms with Crippen LogP contribution in [0.2, 0.25) is 0 Å². The Morgan fingerprint density at radius 1 is 1.56 bits per heavy atom. The van der Waals surface area contributed by atoms with Gasteiger partial charge >= 0.3 is 0 Å². The van der Waals surface area contributed by atoms with Crippen LogP contribution in [0.3, 0.4) is 0 Å². The summed E-state index contributed by atoms with van der Waals surface area (Å²) in [6.45, 7) is 1.73. The van der Waals surface area contributed by atoms with E-state index >= 15 is 0 Å². The summed E-state index contributed by atoms with van der Waals surface area (Å²) in [4.78, 5) is 1.03. The monoisotopic (exact) mass is 332 g/mol. The minimum Gasteiger partial charge on any atom is -0.375 e. The Balaban J connectivity index is 2.32. The molecule has 0 saturated carbocycles. The van der Waals surface area contributed by atoms with Crippen LogP contribution in [0.25, 0.3) is 0 Å². The van der Waals surface area contributed by atoms with E-state index in [4.69, 9.17) is 16.3 Å². The first-order valence-corrected chi connectivity index (χ1v) is 6.81. The summed E-state index contributed by atoms with van der Waals surface area (Å²) in [6, 6.07) is 2.00. The first-order chi connectivity index (χ1) is 7.50. The smallest absolute Gasteiger partial charge is 0.261 e. The Labute approximate surface area is 111 Å². The predicted octanol–water partition coefficient (Wildman–Crippen LogP) is 4.77. The summed E-state index contributed by atoms with van der Waals surface area (Å²) in [6.07, 6.45) is -1.87. The van der Waals surface area contributed by atoms with Gasteiger partial charge in [0.15, 0.2) is 0 Å². The van der Waals surface area contributed by atoms with Gasteiger partial charge in [-0.15, -0.1) is 22.9 Å². The Kier molecular flexibility index (Phi) is 6.18. The van der Waals surface area contributed by atoms with Gasteiger partial charge in [0.25, 0.3) is 6.43 Å². The first-order valence-electron chi connectivity index (χ1n) is 4.76. The summed E-state index contributed by atoms with van der Waals surface area (Å²) in [5.41, 5.74) is 1.14. The fourth-order valence-electron chi connectivity index (χ4n) is 1.14. The number of thiophene rings is 1. The van der Waals surface area contributed by atoms with E-state index in [-0.39, 0.29) is 12.0 Å². The van der Waals surface area contributed by atoms with E-state index in [0.717, 1.165) is 14.2 Å². The van der Waals surface area contributed by atoms with Gasteiger partial charge < -0.3 is 4.74 Å². The molecule has 92 valence electrons. The Hall–Kier alpha value is 0.290. The van der Waals surface area contributed by atoms with Crippen LogP contribution in [0, 0.1) is 6.92 Å². The number of aryl methyl sites for hydroxylation is 1. The van der Waals surface area contributed by atoms with E-state index < -0.39 is 13.0 Å². The molecule has 0 aliphatic carbocycles. The summed E-state index contributed by atoms with van der Waals surface area (Å²) < 4.78 is 29.4.